The molecule has 0 spiro atoms. The quantitative estimate of drug-likeness (QED) is 0.853. The smallest absolute Gasteiger partial charge is 0.354 e. The van der Waals surface area contributed by atoms with Crippen molar-refractivity contribution in [2.24, 2.45) is 5.92 Å². The highest BCUT2D eigenvalue weighted by Crippen LogP contribution is 2.24. The Bertz CT molecular complexity index is 473. The summed E-state index contributed by atoms with van der Waals surface area (Å²) in [5.74, 6) is -0.952. The lowest BCUT2D eigenvalue weighted by atomic mass is 10.1. The van der Waals surface area contributed by atoms with E-state index in [4.69, 9.17) is 5.11 Å². The van der Waals surface area contributed by atoms with Gasteiger partial charge in [0.2, 0.25) is 0 Å². The molecule has 1 aromatic rings. The topological polar surface area (TPSA) is 79.3 Å². The van der Waals surface area contributed by atoms with E-state index < -0.39 is 5.97 Å². The molecule has 2 unspecified atom stereocenters. The summed E-state index contributed by atoms with van der Waals surface area (Å²) in [6.45, 7) is 2.11. The Morgan fingerprint density at radius 1 is 1.33 bits per heavy atom. The van der Waals surface area contributed by atoms with Crippen LogP contribution in [0.3, 0.4) is 0 Å². The first-order chi connectivity index (χ1) is 8.58. The van der Waals surface area contributed by atoms with E-state index in [9.17, 15) is 9.59 Å². The second kappa shape index (κ2) is 5.16. The average Bonchev–Trinajstić information content (AvgIpc) is 2.75. The Morgan fingerprint density at radius 2 is 2.06 bits per heavy atom. The zero-order valence-electron chi connectivity index (χ0n) is 10.2. The van der Waals surface area contributed by atoms with Gasteiger partial charge in [-0.15, -0.1) is 0 Å². The van der Waals surface area contributed by atoms with E-state index in [1.165, 1.54) is 18.2 Å². The number of carboxylic acid groups (broad SMARTS) is 1. The number of pyridine rings is 1. The summed E-state index contributed by atoms with van der Waals surface area (Å²) in [4.78, 5) is 26.6. The number of carbonyl (C=O) groups is 2. The van der Waals surface area contributed by atoms with Gasteiger partial charge in [0, 0.05) is 6.04 Å². The van der Waals surface area contributed by atoms with E-state index >= 15 is 0 Å². The van der Waals surface area contributed by atoms with E-state index in [2.05, 4.69) is 17.2 Å². The van der Waals surface area contributed by atoms with Gasteiger partial charge < -0.3 is 10.4 Å². The maximum Gasteiger partial charge on any atom is 0.354 e. The number of nitrogens with one attached hydrogen (secondary N) is 1. The van der Waals surface area contributed by atoms with Gasteiger partial charge in [-0.25, -0.2) is 9.78 Å². The summed E-state index contributed by atoms with van der Waals surface area (Å²) < 4.78 is 0. The molecule has 0 radical (unpaired) electrons. The molecular weight excluding hydrogens is 232 g/mol. The fourth-order valence-electron chi connectivity index (χ4n) is 2.28. The zero-order chi connectivity index (χ0) is 13.1. The van der Waals surface area contributed by atoms with Crippen molar-refractivity contribution >= 4 is 11.9 Å². The van der Waals surface area contributed by atoms with E-state index in [1.807, 2.05) is 0 Å². The lowest BCUT2D eigenvalue weighted by Gasteiger charge is -2.16. The third-order valence-electron chi connectivity index (χ3n) is 3.38. The average molecular weight is 248 g/mol. The minimum atomic E-state index is -1.13. The van der Waals surface area contributed by atoms with Gasteiger partial charge >= 0.3 is 5.97 Å². The van der Waals surface area contributed by atoms with Crippen LogP contribution in [0.1, 0.15) is 47.2 Å². The number of aromatic nitrogens is 1. The van der Waals surface area contributed by atoms with Gasteiger partial charge in [0.1, 0.15) is 11.4 Å². The third-order valence-corrected chi connectivity index (χ3v) is 3.38. The maximum absolute atomic E-state index is 12.0. The number of hydrogen-bond donors (Lipinski definition) is 2. The van der Waals surface area contributed by atoms with Crippen molar-refractivity contribution in [1.29, 1.82) is 0 Å². The molecule has 18 heavy (non-hydrogen) atoms. The summed E-state index contributed by atoms with van der Waals surface area (Å²) in [6.07, 6.45) is 3.22. The standard InChI is InChI=1S/C13H16N2O3/c1-8-4-2-5-9(8)15-12(16)10-6-3-7-11(14-10)13(17)18/h3,6-9H,2,4-5H2,1H3,(H,15,16)(H,17,18). The fourth-order valence-corrected chi connectivity index (χ4v) is 2.28. The van der Waals surface area contributed by atoms with Gasteiger partial charge in [-0.3, -0.25) is 4.79 Å². The zero-order valence-corrected chi connectivity index (χ0v) is 10.2. The molecule has 5 heteroatoms. The second-order valence-corrected chi connectivity index (χ2v) is 4.70. The van der Waals surface area contributed by atoms with E-state index in [-0.39, 0.29) is 23.3 Å². The number of carboxylic acids is 1. The van der Waals surface area contributed by atoms with E-state index in [0.29, 0.717) is 5.92 Å². The van der Waals surface area contributed by atoms with Gasteiger partial charge in [-0.1, -0.05) is 19.4 Å². The molecule has 1 aliphatic carbocycles. The minimum absolute atomic E-state index is 0.109. The van der Waals surface area contributed by atoms with Crippen LogP contribution in [-0.2, 0) is 0 Å². The highest BCUT2D eigenvalue weighted by atomic mass is 16.4. The molecule has 1 amide bonds. The fraction of sp³-hybridized carbons (Fsp3) is 0.462. The van der Waals surface area contributed by atoms with Gasteiger partial charge in [0.15, 0.2) is 0 Å². The SMILES string of the molecule is CC1CCCC1NC(=O)c1cccc(C(=O)O)n1. The summed E-state index contributed by atoms with van der Waals surface area (Å²) in [5.41, 5.74) is 0.0520. The third kappa shape index (κ3) is 2.67. The van der Waals surface area contributed by atoms with Crippen LogP contribution in [0.15, 0.2) is 18.2 Å². The van der Waals surface area contributed by atoms with Crippen LogP contribution in [0.25, 0.3) is 0 Å². The minimum Gasteiger partial charge on any atom is -0.477 e. The highest BCUT2D eigenvalue weighted by Gasteiger charge is 2.25. The summed E-state index contributed by atoms with van der Waals surface area (Å²) >= 11 is 0. The van der Waals surface area contributed by atoms with Crippen LogP contribution < -0.4 is 5.32 Å². The first kappa shape index (κ1) is 12.5. The Morgan fingerprint density at radius 3 is 2.67 bits per heavy atom. The molecule has 5 nitrogen and oxygen atoms in total. The van der Waals surface area contributed by atoms with Crippen molar-refractivity contribution in [2.45, 2.75) is 32.2 Å². The number of rotatable bonds is 3. The summed E-state index contributed by atoms with van der Waals surface area (Å²) in [5, 5.41) is 11.7. The van der Waals surface area contributed by atoms with E-state index in [0.717, 1.165) is 19.3 Å². The molecular formula is C13H16N2O3. The molecule has 0 saturated heterocycles. The van der Waals surface area contributed by atoms with Crippen LogP contribution in [-0.4, -0.2) is 28.0 Å². The van der Waals surface area contributed by atoms with Gasteiger partial charge in [-0.05, 0) is 30.9 Å². The van der Waals surface area contributed by atoms with Crippen molar-refractivity contribution in [3.05, 3.63) is 29.6 Å². The van der Waals surface area contributed by atoms with Crippen molar-refractivity contribution in [1.82, 2.24) is 10.3 Å². The Labute approximate surface area is 105 Å². The molecule has 0 aliphatic heterocycles. The predicted molar refractivity (Wildman–Crippen MR) is 65.5 cm³/mol. The first-order valence-corrected chi connectivity index (χ1v) is 6.09. The van der Waals surface area contributed by atoms with E-state index in [1.54, 1.807) is 0 Å². The normalized spacial score (nSPS) is 22.7. The van der Waals surface area contributed by atoms with Crippen LogP contribution in [0.5, 0.6) is 0 Å². The Hall–Kier alpha value is -1.91. The molecule has 0 aromatic carbocycles. The van der Waals surface area contributed by atoms with Crippen LogP contribution in [0, 0.1) is 5.92 Å². The Balaban J connectivity index is 2.09. The number of amides is 1. The summed E-state index contributed by atoms with van der Waals surface area (Å²) in [7, 11) is 0. The maximum atomic E-state index is 12.0. The number of hydrogen-bond acceptors (Lipinski definition) is 3. The van der Waals surface area contributed by atoms with Crippen molar-refractivity contribution < 1.29 is 14.7 Å². The lowest BCUT2D eigenvalue weighted by Crippen LogP contribution is -2.37. The number of nitrogens with zero attached hydrogens (tertiary/aromatic N) is 1. The molecule has 1 saturated carbocycles. The molecule has 0 bridgehead atoms. The second-order valence-electron chi connectivity index (χ2n) is 4.70. The Kier molecular flexibility index (Phi) is 3.60. The van der Waals surface area contributed by atoms with Crippen LogP contribution in [0.4, 0.5) is 0 Å². The molecule has 2 rings (SSSR count). The predicted octanol–water partition coefficient (Wildman–Crippen LogP) is 1.70. The molecule has 1 fully saturated rings. The number of aromatic carboxylic acids is 1. The monoisotopic (exact) mass is 248 g/mol. The molecule has 96 valence electrons. The molecule has 2 atom stereocenters. The van der Waals surface area contributed by atoms with Crippen molar-refractivity contribution in [3.63, 3.8) is 0 Å². The first-order valence-electron chi connectivity index (χ1n) is 6.09. The van der Waals surface area contributed by atoms with Gasteiger partial charge in [0.25, 0.3) is 5.91 Å². The van der Waals surface area contributed by atoms with Crippen molar-refractivity contribution in [2.75, 3.05) is 0 Å². The van der Waals surface area contributed by atoms with Gasteiger partial charge in [0.05, 0.1) is 0 Å². The lowest BCUT2D eigenvalue weighted by molar-refractivity contribution is 0.0690. The molecule has 1 heterocycles. The number of carbonyl (C=O) groups excluding carboxylic acids is 1. The van der Waals surface area contributed by atoms with Gasteiger partial charge in [-0.2, -0.15) is 0 Å². The molecule has 1 aliphatic rings. The van der Waals surface area contributed by atoms with Crippen LogP contribution >= 0.6 is 0 Å². The highest BCUT2D eigenvalue weighted by molar-refractivity contribution is 5.94. The molecule has 2 N–H and O–H groups in total. The van der Waals surface area contributed by atoms with Crippen LogP contribution in [0.2, 0.25) is 0 Å². The largest absolute Gasteiger partial charge is 0.477 e. The van der Waals surface area contributed by atoms with Crippen molar-refractivity contribution in [3.8, 4) is 0 Å². The molecule has 1 aromatic heterocycles. The summed E-state index contributed by atoms with van der Waals surface area (Å²) in [6, 6.07) is 4.61.